The first-order valence-corrected chi connectivity index (χ1v) is 7.07. The predicted molar refractivity (Wildman–Crippen MR) is 77.0 cm³/mol. The van der Waals surface area contributed by atoms with Crippen molar-refractivity contribution in [1.82, 2.24) is 4.90 Å². The molecule has 19 heavy (non-hydrogen) atoms. The second-order valence-electron chi connectivity index (χ2n) is 4.30. The summed E-state index contributed by atoms with van der Waals surface area (Å²) in [5.74, 6) is -1.08. The van der Waals surface area contributed by atoms with E-state index >= 15 is 0 Å². The molecule has 0 aliphatic carbocycles. The van der Waals surface area contributed by atoms with Gasteiger partial charge in [0.1, 0.15) is 6.54 Å². The van der Waals surface area contributed by atoms with Crippen molar-refractivity contribution in [3.63, 3.8) is 0 Å². The molecule has 0 unspecified atom stereocenters. The van der Waals surface area contributed by atoms with Crippen LogP contribution in [0.25, 0.3) is 0 Å². The van der Waals surface area contributed by atoms with Crippen molar-refractivity contribution in [2.75, 3.05) is 13.1 Å². The van der Waals surface area contributed by atoms with E-state index in [-0.39, 0.29) is 12.5 Å². The van der Waals surface area contributed by atoms with E-state index in [0.717, 1.165) is 16.5 Å². The first kappa shape index (κ1) is 15.7. The van der Waals surface area contributed by atoms with Crippen LogP contribution in [0, 0.1) is 0 Å². The van der Waals surface area contributed by atoms with Crippen LogP contribution in [0.5, 0.6) is 0 Å². The van der Waals surface area contributed by atoms with Crippen molar-refractivity contribution in [2.45, 2.75) is 26.2 Å². The van der Waals surface area contributed by atoms with Gasteiger partial charge in [-0.3, -0.25) is 9.59 Å². The van der Waals surface area contributed by atoms with Crippen LogP contribution in [0.3, 0.4) is 0 Å². The highest BCUT2D eigenvalue weighted by Gasteiger charge is 2.15. The number of hydrogen-bond acceptors (Lipinski definition) is 2. The number of nitrogens with zero attached hydrogens (tertiary/aromatic N) is 1. The molecule has 5 heteroatoms. The Kier molecular flexibility index (Phi) is 6.56. The highest BCUT2D eigenvalue weighted by Crippen LogP contribution is 2.17. The number of carbonyl (C=O) groups excluding carboxylic acids is 1. The molecule has 0 aromatic heterocycles. The topological polar surface area (TPSA) is 57.6 Å². The fourth-order valence-corrected chi connectivity index (χ4v) is 2.31. The normalized spacial score (nSPS) is 10.2. The first-order valence-electron chi connectivity index (χ1n) is 6.27. The number of rotatable bonds is 7. The minimum Gasteiger partial charge on any atom is -0.480 e. The molecular weight excluding hydrogens is 310 g/mol. The van der Waals surface area contributed by atoms with Crippen LogP contribution in [-0.4, -0.2) is 35.0 Å². The lowest BCUT2D eigenvalue weighted by molar-refractivity contribution is -0.144. The van der Waals surface area contributed by atoms with E-state index in [2.05, 4.69) is 15.9 Å². The third-order valence-electron chi connectivity index (χ3n) is 2.74. The highest BCUT2D eigenvalue weighted by atomic mass is 79.9. The number of hydrogen-bond donors (Lipinski definition) is 1. The molecule has 1 aromatic carbocycles. The number of carbonyl (C=O) groups is 2. The van der Waals surface area contributed by atoms with Gasteiger partial charge in [-0.2, -0.15) is 0 Å². The first-order chi connectivity index (χ1) is 9.04. The van der Waals surface area contributed by atoms with E-state index in [0.29, 0.717) is 19.4 Å². The second-order valence-corrected chi connectivity index (χ2v) is 5.15. The van der Waals surface area contributed by atoms with Gasteiger partial charge >= 0.3 is 5.97 Å². The van der Waals surface area contributed by atoms with E-state index in [1.165, 1.54) is 4.90 Å². The highest BCUT2D eigenvalue weighted by molar-refractivity contribution is 9.10. The summed E-state index contributed by atoms with van der Waals surface area (Å²) in [6.07, 6.45) is 1.70. The molecule has 0 bridgehead atoms. The molecule has 0 atom stereocenters. The fourth-order valence-electron chi connectivity index (χ4n) is 1.83. The summed E-state index contributed by atoms with van der Waals surface area (Å²) in [4.78, 5) is 24.1. The summed E-state index contributed by atoms with van der Waals surface area (Å²) >= 11 is 3.44. The number of benzene rings is 1. The zero-order valence-electron chi connectivity index (χ0n) is 10.9. The summed E-state index contributed by atoms with van der Waals surface area (Å²) in [5, 5.41) is 8.79. The molecule has 0 fully saturated rings. The summed E-state index contributed by atoms with van der Waals surface area (Å²) in [7, 11) is 0. The number of carboxylic acid groups (broad SMARTS) is 1. The van der Waals surface area contributed by atoms with E-state index in [1.54, 1.807) is 0 Å². The van der Waals surface area contributed by atoms with Crippen LogP contribution in [0.2, 0.25) is 0 Å². The Balaban J connectivity index is 2.57. The lowest BCUT2D eigenvalue weighted by Crippen LogP contribution is -2.36. The lowest BCUT2D eigenvalue weighted by Gasteiger charge is -2.20. The fraction of sp³-hybridized carbons (Fsp3) is 0.429. The Morgan fingerprint density at radius 1 is 1.32 bits per heavy atom. The quantitative estimate of drug-likeness (QED) is 0.837. The molecule has 0 saturated heterocycles. The van der Waals surface area contributed by atoms with Crippen LogP contribution in [0.1, 0.15) is 25.3 Å². The largest absolute Gasteiger partial charge is 0.480 e. The molecule has 1 rings (SSSR count). The molecule has 0 radical (unpaired) electrons. The summed E-state index contributed by atoms with van der Waals surface area (Å²) < 4.78 is 0.975. The number of halogens is 1. The van der Waals surface area contributed by atoms with Crippen molar-refractivity contribution in [1.29, 1.82) is 0 Å². The van der Waals surface area contributed by atoms with Crippen molar-refractivity contribution in [2.24, 2.45) is 0 Å². The van der Waals surface area contributed by atoms with Gasteiger partial charge in [0, 0.05) is 17.4 Å². The Morgan fingerprint density at radius 2 is 2.00 bits per heavy atom. The SMILES string of the molecule is CCCN(CC(=O)O)C(=O)CCc1ccccc1Br. The monoisotopic (exact) mass is 327 g/mol. The zero-order chi connectivity index (χ0) is 14.3. The third-order valence-corrected chi connectivity index (χ3v) is 3.51. The van der Waals surface area contributed by atoms with Gasteiger partial charge in [-0.1, -0.05) is 41.1 Å². The van der Waals surface area contributed by atoms with E-state index < -0.39 is 5.97 Å². The van der Waals surface area contributed by atoms with Crippen molar-refractivity contribution in [3.8, 4) is 0 Å². The van der Waals surface area contributed by atoms with Gasteiger partial charge in [0.2, 0.25) is 5.91 Å². The maximum absolute atomic E-state index is 12.0. The Labute approximate surface area is 121 Å². The molecule has 0 spiro atoms. The Bertz CT molecular complexity index is 448. The zero-order valence-corrected chi connectivity index (χ0v) is 12.5. The van der Waals surface area contributed by atoms with Gasteiger partial charge in [0.25, 0.3) is 0 Å². The minimum absolute atomic E-state index is 0.111. The van der Waals surface area contributed by atoms with Crippen molar-refractivity contribution in [3.05, 3.63) is 34.3 Å². The molecule has 104 valence electrons. The van der Waals surface area contributed by atoms with Crippen LogP contribution in [0.4, 0.5) is 0 Å². The lowest BCUT2D eigenvalue weighted by atomic mass is 10.1. The van der Waals surface area contributed by atoms with Gasteiger partial charge < -0.3 is 10.0 Å². The minimum atomic E-state index is -0.970. The molecular formula is C14H18BrNO3. The average molecular weight is 328 g/mol. The Hall–Kier alpha value is -1.36. The smallest absolute Gasteiger partial charge is 0.323 e. The molecule has 4 nitrogen and oxygen atoms in total. The van der Waals surface area contributed by atoms with E-state index in [9.17, 15) is 9.59 Å². The number of aryl methyl sites for hydroxylation is 1. The molecule has 1 N–H and O–H groups in total. The maximum atomic E-state index is 12.0. The van der Waals surface area contributed by atoms with Crippen LogP contribution < -0.4 is 0 Å². The summed E-state index contributed by atoms with van der Waals surface area (Å²) in [6, 6.07) is 7.73. The molecule has 0 aliphatic heterocycles. The third kappa shape index (κ3) is 5.42. The molecule has 1 aromatic rings. The average Bonchev–Trinajstić information content (AvgIpc) is 2.36. The van der Waals surface area contributed by atoms with Crippen LogP contribution in [0.15, 0.2) is 28.7 Å². The van der Waals surface area contributed by atoms with Crippen LogP contribution >= 0.6 is 15.9 Å². The summed E-state index contributed by atoms with van der Waals surface area (Å²) in [5.41, 5.74) is 1.06. The number of carboxylic acids is 1. The second kappa shape index (κ2) is 7.94. The van der Waals surface area contributed by atoms with Gasteiger partial charge in [-0.15, -0.1) is 0 Å². The van der Waals surface area contributed by atoms with Gasteiger partial charge in [-0.05, 0) is 24.5 Å². The van der Waals surface area contributed by atoms with Gasteiger partial charge in [0.15, 0.2) is 0 Å². The molecule has 0 heterocycles. The molecule has 1 amide bonds. The van der Waals surface area contributed by atoms with Gasteiger partial charge in [0.05, 0.1) is 0 Å². The van der Waals surface area contributed by atoms with E-state index in [4.69, 9.17) is 5.11 Å². The molecule has 0 aliphatic rings. The Morgan fingerprint density at radius 3 is 2.58 bits per heavy atom. The molecule has 0 saturated carbocycles. The van der Waals surface area contributed by atoms with Crippen LogP contribution in [-0.2, 0) is 16.0 Å². The standard InChI is InChI=1S/C14H18BrNO3/c1-2-9-16(10-14(18)19)13(17)8-7-11-5-3-4-6-12(11)15/h3-6H,2,7-10H2,1H3,(H,18,19). The van der Waals surface area contributed by atoms with E-state index in [1.807, 2.05) is 31.2 Å². The predicted octanol–water partition coefficient (Wildman–Crippen LogP) is 2.70. The maximum Gasteiger partial charge on any atom is 0.323 e. The number of aliphatic carboxylic acids is 1. The van der Waals surface area contributed by atoms with Crippen molar-refractivity contribution < 1.29 is 14.7 Å². The van der Waals surface area contributed by atoms with Crippen molar-refractivity contribution >= 4 is 27.8 Å². The van der Waals surface area contributed by atoms with Gasteiger partial charge in [-0.25, -0.2) is 0 Å². The summed E-state index contributed by atoms with van der Waals surface area (Å²) in [6.45, 7) is 2.19. The number of amides is 1.